The number of nitrogen functional groups attached to an aromatic ring is 1. The van der Waals surface area contributed by atoms with E-state index in [-0.39, 0.29) is 0 Å². The van der Waals surface area contributed by atoms with Gasteiger partial charge in [-0.3, -0.25) is 5.10 Å². The Morgan fingerprint density at radius 2 is 2.50 bits per heavy atom. The van der Waals surface area contributed by atoms with Gasteiger partial charge in [-0.25, -0.2) is 0 Å². The largest absolute Gasteiger partial charge is 0.434 e. The van der Waals surface area contributed by atoms with E-state index in [1.807, 2.05) is 0 Å². The van der Waals surface area contributed by atoms with E-state index in [1.54, 1.807) is 18.2 Å². The minimum Gasteiger partial charge on any atom is -0.434 e. The van der Waals surface area contributed by atoms with E-state index < -0.39 is 0 Å². The molecule has 2 aromatic heterocycles. The summed E-state index contributed by atoms with van der Waals surface area (Å²) in [5.74, 6) is 1.24. The van der Waals surface area contributed by atoms with Gasteiger partial charge in [0.15, 0.2) is 0 Å². The number of hydrogen-bond donors (Lipinski definition) is 2. The highest BCUT2D eigenvalue weighted by Gasteiger charge is 2.01. The average Bonchev–Trinajstić information content (AvgIpc) is 2.63. The third-order valence-electron chi connectivity index (χ3n) is 1.27. The van der Waals surface area contributed by atoms with Gasteiger partial charge in [0.25, 0.3) is 5.95 Å². The molecule has 0 fully saturated rings. The van der Waals surface area contributed by atoms with Gasteiger partial charge in [-0.1, -0.05) is 0 Å². The molecule has 0 radical (unpaired) electrons. The van der Waals surface area contributed by atoms with E-state index in [9.17, 15) is 0 Å². The second-order valence-electron chi connectivity index (χ2n) is 2.20. The fourth-order valence-corrected chi connectivity index (χ4v) is 0.794. The average molecular weight is 165 g/mol. The Labute approximate surface area is 68.1 Å². The maximum Gasteiger partial charge on any atom is 0.291 e. The smallest absolute Gasteiger partial charge is 0.291 e. The quantitative estimate of drug-likeness (QED) is 0.704. The third-order valence-corrected chi connectivity index (χ3v) is 1.27. The summed E-state index contributed by atoms with van der Waals surface area (Å²) in [6, 6.07) is 4.98. The van der Waals surface area contributed by atoms with Crippen molar-refractivity contribution in [3.8, 4) is 11.8 Å². The standard InChI is InChI=1S/C7H7N3O2/c8-5-4-6(10-9-5)12-7-2-1-3-11-7/h1-4H,(H3,8,9,10). The lowest BCUT2D eigenvalue weighted by Gasteiger charge is -1.93. The van der Waals surface area contributed by atoms with E-state index in [4.69, 9.17) is 14.9 Å². The Hall–Kier alpha value is -1.91. The summed E-state index contributed by atoms with van der Waals surface area (Å²) < 4.78 is 10.1. The summed E-state index contributed by atoms with van der Waals surface area (Å²) in [6.07, 6.45) is 1.52. The Bertz CT molecular complexity index is 352. The van der Waals surface area contributed by atoms with Gasteiger partial charge >= 0.3 is 0 Å². The summed E-state index contributed by atoms with van der Waals surface area (Å²) in [7, 11) is 0. The zero-order chi connectivity index (χ0) is 8.39. The molecular formula is C7H7N3O2. The molecule has 5 heteroatoms. The lowest BCUT2D eigenvalue weighted by Crippen LogP contribution is -1.81. The molecule has 62 valence electrons. The van der Waals surface area contributed by atoms with Crippen molar-refractivity contribution in [1.29, 1.82) is 0 Å². The first kappa shape index (κ1) is 6.78. The van der Waals surface area contributed by atoms with Gasteiger partial charge in [0, 0.05) is 12.1 Å². The molecule has 0 aliphatic heterocycles. The lowest BCUT2D eigenvalue weighted by molar-refractivity contribution is 0.337. The van der Waals surface area contributed by atoms with Crippen molar-refractivity contribution in [3.63, 3.8) is 0 Å². The normalized spacial score (nSPS) is 10.0. The molecule has 0 atom stereocenters. The van der Waals surface area contributed by atoms with Gasteiger partial charge in [-0.15, -0.1) is 5.10 Å². The lowest BCUT2D eigenvalue weighted by atomic mass is 10.6. The Morgan fingerprint density at radius 3 is 3.08 bits per heavy atom. The monoisotopic (exact) mass is 165 g/mol. The fraction of sp³-hybridized carbons (Fsp3) is 0. The van der Waals surface area contributed by atoms with E-state index in [0.717, 1.165) is 0 Å². The van der Waals surface area contributed by atoms with E-state index >= 15 is 0 Å². The first-order chi connectivity index (χ1) is 5.84. The second-order valence-corrected chi connectivity index (χ2v) is 2.20. The van der Waals surface area contributed by atoms with E-state index in [0.29, 0.717) is 17.6 Å². The topological polar surface area (TPSA) is 77.1 Å². The number of rotatable bonds is 2. The highest BCUT2D eigenvalue weighted by molar-refractivity contribution is 5.32. The van der Waals surface area contributed by atoms with Gasteiger partial charge < -0.3 is 14.9 Å². The predicted octanol–water partition coefficient (Wildman–Crippen LogP) is 1.38. The highest BCUT2D eigenvalue weighted by Crippen LogP contribution is 2.19. The van der Waals surface area contributed by atoms with Crippen LogP contribution in [0.4, 0.5) is 5.82 Å². The Kier molecular flexibility index (Phi) is 1.48. The SMILES string of the molecule is Nc1cc(Oc2ccco2)n[nH]1. The molecule has 0 aliphatic rings. The molecule has 0 aliphatic carbocycles. The number of hydrogen-bond acceptors (Lipinski definition) is 4. The number of H-pyrrole nitrogens is 1. The maximum absolute atomic E-state index is 5.38. The molecule has 0 saturated carbocycles. The first-order valence-electron chi connectivity index (χ1n) is 3.37. The molecule has 5 nitrogen and oxygen atoms in total. The van der Waals surface area contributed by atoms with Crippen molar-refractivity contribution in [1.82, 2.24) is 10.2 Å². The van der Waals surface area contributed by atoms with Crippen LogP contribution in [-0.2, 0) is 0 Å². The summed E-state index contributed by atoms with van der Waals surface area (Å²) in [4.78, 5) is 0. The van der Waals surface area contributed by atoms with Crippen molar-refractivity contribution in [2.45, 2.75) is 0 Å². The van der Waals surface area contributed by atoms with Crippen LogP contribution in [0.5, 0.6) is 11.8 Å². The fourth-order valence-electron chi connectivity index (χ4n) is 0.794. The molecular weight excluding hydrogens is 158 g/mol. The third kappa shape index (κ3) is 1.24. The molecule has 0 amide bonds. The molecule has 12 heavy (non-hydrogen) atoms. The van der Waals surface area contributed by atoms with Gasteiger partial charge in [0.1, 0.15) is 5.82 Å². The number of nitrogens with two attached hydrogens (primary N) is 1. The highest BCUT2D eigenvalue weighted by atomic mass is 16.6. The molecule has 0 spiro atoms. The molecule has 3 N–H and O–H groups in total. The summed E-state index contributed by atoms with van der Waals surface area (Å²) in [5.41, 5.74) is 5.38. The number of nitrogens with one attached hydrogen (secondary N) is 1. The van der Waals surface area contributed by atoms with E-state index in [1.165, 1.54) is 6.26 Å². The van der Waals surface area contributed by atoms with Gasteiger partial charge in [-0.05, 0) is 6.07 Å². The second kappa shape index (κ2) is 2.61. The summed E-state index contributed by atoms with van der Waals surface area (Å²) in [6.45, 7) is 0. The van der Waals surface area contributed by atoms with Gasteiger partial charge in [0.2, 0.25) is 5.88 Å². The van der Waals surface area contributed by atoms with Gasteiger partial charge in [-0.2, -0.15) is 0 Å². The van der Waals surface area contributed by atoms with Crippen LogP contribution in [0.2, 0.25) is 0 Å². The van der Waals surface area contributed by atoms with Crippen molar-refractivity contribution >= 4 is 5.82 Å². The van der Waals surface area contributed by atoms with Crippen LogP contribution < -0.4 is 10.5 Å². The molecule has 0 unspecified atom stereocenters. The molecule has 0 bridgehead atoms. The first-order valence-corrected chi connectivity index (χ1v) is 3.37. The molecule has 0 aromatic carbocycles. The zero-order valence-electron chi connectivity index (χ0n) is 6.15. The van der Waals surface area contributed by atoms with Crippen LogP contribution in [0.1, 0.15) is 0 Å². The van der Waals surface area contributed by atoms with Crippen LogP contribution in [-0.4, -0.2) is 10.2 Å². The van der Waals surface area contributed by atoms with Crippen LogP contribution in [0, 0.1) is 0 Å². The number of furan rings is 1. The van der Waals surface area contributed by atoms with Crippen molar-refractivity contribution in [3.05, 3.63) is 24.5 Å². The Balaban J connectivity index is 2.14. The number of nitrogens with zero attached hydrogens (tertiary/aromatic N) is 1. The minimum atomic E-state index is 0.390. The zero-order valence-corrected chi connectivity index (χ0v) is 6.15. The van der Waals surface area contributed by atoms with Crippen LogP contribution in [0.25, 0.3) is 0 Å². The number of aromatic nitrogens is 2. The molecule has 2 aromatic rings. The van der Waals surface area contributed by atoms with Crippen molar-refractivity contribution < 1.29 is 9.15 Å². The van der Waals surface area contributed by atoms with Crippen LogP contribution in [0.15, 0.2) is 28.9 Å². The summed E-state index contributed by atoms with van der Waals surface area (Å²) in [5, 5.41) is 6.30. The van der Waals surface area contributed by atoms with Crippen LogP contribution in [0.3, 0.4) is 0 Å². The number of ether oxygens (including phenoxy) is 1. The van der Waals surface area contributed by atoms with Gasteiger partial charge in [0.05, 0.1) is 6.26 Å². The van der Waals surface area contributed by atoms with Crippen molar-refractivity contribution in [2.24, 2.45) is 0 Å². The number of anilines is 1. The summed E-state index contributed by atoms with van der Waals surface area (Å²) >= 11 is 0. The number of aromatic amines is 1. The van der Waals surface area contributed by atoms with Crippen molar-refractivity contribution in [2.75, 3.05) is 5.73 Å². The Morgan fingerprint density at radius 1 is 1.58 bits per heavy atom. The maximum atomic E-state index is 5.38. The predicted molar refractivity (Wildman–Crippen MR) is 41.8 cm³/mol. The van der Waals surface area contributed by atoms with Crippen LogP contribution >= 0.6 is 0 Å². The molecule has 2 rings (SSSR count). The molecule has 2 heterocycles. The molecule has 0 saturated heterocycles. The minimum absolute atomic E-state index is 0.390. The van der Waals surface area contributed by atoms with E-state index in [2.05, 4.69) is 10.2 Å².